The van der Waals surface area contributed by atoms with Crippen molar-refractivity contribution in [3.63, 3.8) is 0 Å². The Labute approximate surface area is 147 Å². The van der Waals surface area contributed by atoms with Crippen LogP contribution in [0.5, 0.6) is 0 Å². The van der Waals surface area contributed by atoms with E-state index in [-0.39, 0.29) is 18.1 Å². The minimum absolute atomic E-state index is 0.126. The van der Waals surface area contributed by atoms with Gasteiger partial charge in [-0.25, -0.2) is 14.5 Å². The standard InChI is InChI=1S/C18H22N6O/c1-3-16-22-17-15(8-5-9-24(17)23-16)21-18(25)20-12(2)14-7-4-6-13(10-14)11-19/h4,6-7,10,12,15H,3,5,8-9H2,1-2H3,(H2,20,21,25)/t12-,15+/m0/s1. The number of urea groups is 1. The minimum atomic E-state index is -0.241. The van der Waals surface area contributed by atoms with Gasteiger partial charge >= 0.3 is 6.03 Å². The summed E-state index contributed by atoms with van der Waals surface area (Å²) >= 11 is 0. The number of amides is 2. The zero-order chi connectivity index (χ0) is 17.8. The van der Waals surface area contributed by atoms with E-state index >= 15 is 0 Å². The number of fused-ring (bicyclic) bond motifs is 1. The molecule has 1 aliphatic rings. The smallest absolute Gasteiger partial charge is 0.315 e. The number of rotatable bonds is 4. The zero-order valence-corrected chi connectivity index (χ0v) is 14.5. The summed E-state index contributed by atoms with van der Waals surface area (Å²) in [5.41, 5.74) is 1.48. The molecule has 2 amide bonds. The number of aryl methyl sites for hydroxylation is 2. The average molecular weight is 338 g/mol. The van der Waals surface area contributed by atoms with Gasteiger partial charge in [-0.15, -0.1) is 0 Å². The molecule has 2 heterocycles. The highest BCUT2D eigenvalue weighted by molar-refractivity contribution is 5.74. The van der Waals surface area contributed by atoms with Gasteiger partial charge in [0, 0.05) is 13.0 Å². The fourth-order valence-electron chi connectivity index (χ4n) is 3.04. The predicted octanol–water partition coefficient (Wildman–Crippen LogP) is 2.61. The summed E-state index contributed by atoms with van der Waals surface area (Å²) < 4.78 is 1.90. The lowest BCUT2D eigenvalue weighted by atomic mass is 10.1. The van der Waals surface area contributed by atoms with Crippen LogP contribution in [-0.4, -0.2) is 20.8 Å². The first-order valence-corrected chi connectivity index (χ1v) is 8.61. The molecule has 0 bridgehead atoms. The van der Waals surface area contributed by atoms with Gasteiger partial charge < -0.3 is 10.6 Å². The molecule has 0 aliphatic carbocycles. The maximum Gasteiger partial charge on any atom is 0.315 e. The van der Waals surface area contributed by atoms with E-state index in [1.54, 1.807) is 12.1 Å². The molecule has 1 aromatic heterocycles. The van der Waals surface area contributed by atoms with E-state index < -0.39 is 0 Å². The lowest BCUT2D eigenvalue weighted by molar-refractivity contribution is 0.230. The molecule has 1 aromatic carbocycles. The third kappa shape index (κ3) is 3.79. The third-order valence-electron chi connectivity index (χ3n) is 4.40. The summed E-state index contributed by atoms with van der Waals surface area (Å²) in [5.74, 6) is 1.64. The van der Waals surface area contributed by atoms with Crippen LogP contribution in [-0.2, 0) is 13.0 Å². The number of hydrogen-bond acceptors (Lipinski definition) is 4. The zero-order valence-electron chi connectivity index (χ0n) is 14.5. The molecule has 0 spiro atoms. The van der Waals surface area contributed by atoms with Gasteiger partial charge in [0.25, 0.3) is 0 Å². The molecule has 0 unspecified atom stereocenters. The number of aromatic nitrogens is 3. The Morgan fingerprint density at radius 3 is 3.12 bits per heavy atom. The van der Waals surface area contributed by atoms with Crippen molar-refractivity contribution in [3.05, 3.63) is 47.0 Å². The summed E-state index contributed by atoms with van der Waals surface area (Å²) in [7, 11) is 0. The van der Waals surface area contributed by atoms with E-state index in [2.05, 4.69) is 26.8 Å². The van der Waals surface area contributed by atoms with Crippen molar-refractivity contribution in [2.45, 2.75) is 51.7 Å². The van der Waals surface area contributed by atoms with E-state index in [1.165, 1.54) is 0 Å². The lowest BCUT2D eigenvalue weighted by Crippen LogP contribution is -2.41. The summed E-state index contributed by atoms with van der Waals surface area (Å²) in [4.78, 5) is 16.9. The Morgan fingerprint density at radius 2 is 2.36 bits per heavy atom. The topological polar surface area (TPSA) is 95.6 Å². The van der Waals surface area contributed by atoms with Crippen LogP contribution in [0.15, 0.2) is 24.3 Å². The van der Waals surface area contributed by atoms with Gasteiger partial charge in [-0.3, -0.25) is 0 Å². The summed E-state index contributed by atoms with van der Waals surface area (Å²) in [6.07, 6.45) is 2.60. The van der Waals surface area contributed by atoms with Crippen molar-refractivity contribution in [3.8, 4) is 6.07 Å². The number of nitrogens with zero attached hydrogens (tertiary/aromatic N) is 4. The number of nitrogens with one attached hydrogen (secondary N) is 2. The normalized spacial score (nSPS) is 17.2. The lowest BCUT2D eigenvalue weighted by Gasteiger charge is -2.24. The highest BCUT2D eigenvalue weighted by atomic mass is 16.2. The molecule has 0 radical (unpaired) electrons. The van der Waals surface area contributed by atoms with Crippen molar-refractivity contribution in [2.75, 3.05) is 0 Å². The highest BCUT2D eigenvalue weighted by Crippen LogP contribution is 2.23. The minimum Gasteiger partial charge on any atom is -0.332 e. The first-order valence-electron chi connectivity index (χ1n) is 8.61. The van der Waals surface area contributed by atoms with Crippen LogP contribution in [0.25, 0.3) is 0 Å². The van der Waals surface area contributed by atoms with Gasteiger partial charge in [0.15, 0.2) is 5.82 Å². The van der Waals surface area contributed by atoms with Crippen LogP contribution in [0, 0.1) is 11.3 Å². The molecule has 0 saturated heterocycles. The molecule has 25 heavy (non-hydrogen) atoms. The molecule has 7 heteroatoms. The second-order valence-electron chi connectivity index (χ2n) is 6.23. The van der Waals surface area contributed by atoms with E-state index in [9.17, 15) is 4.79 Å². The Hall–Kier alpha value is -2.88. The van der Waals surface area contributed by atoms with Crippen LogP contribution in [0.1, 0.15) is 61.5 Å². The van der Waals surface area contributed by atoms with E-state index in [0.717, 1.165) is 43.0 Å². The quantitative estimate of drug-likeness (QED) is 0.895. The molecule has 130 valence electrons. The van der Waals surface area contributed by atoms with Crippen molar-refractivity contribution >= 4 is 6.03 Å². The van der Waals surface area contributed by atoms with E-state index in [1.807, 2.05) is 30.7 Å². The summed E-state index contributed by atoms with van der Waals surface area (Å²) in [5, 5.41) is 19.4. The van der Waals surface area contributed by atoms with Gasteiger partial charge in [0.2, 0.25) is 0 Å². The molecule has 2 aromatic rings. The van der Waals surface area contributed by atoms with Crippen LogP contribution in [0.3, 0.4) is 0 Å². The maximum atomic E-state index is 12.4. The largest absolute Gasteiger partial charge is 0.332 e. The Bertz CT molecular complexity index is 806. The van der Waals surface area contributed by atoms with E-state index in [0.29, 0.717) is 5.56 Å². The van der Waals surface area contributed by atoms with E-state index in [4.69, 9.17) is 5.26 Å². The van der Waals surface area contributed by atoms with Crippen LogP contribution >= 0.6 is 0 Å². The third-order valence-corrected chi connectivity index (χ3v) is 4.40. The van der Waals surface area contributed by atoms with Gasteiger partial charge in [0.1, 0.15) is 5.82 Å². The maximum absolute atomic E-state index is 12.4. The fourth-order valence-corrected chi connectivity index (χ4v) is 3.04. The number of nitriles is 1. The van der Waals surface area contributed by atoms with Crippen LogP contribution in [0.2, 0.25) is 0 Å². The summed E-state index contributed by atoms with van der Waals surface area (Å²) in [6, 6.07) is 8.81. The van der Waals surface area contributed by atoms with Crippen LogP contribution in [0.4, 0.5) is 4.79 Å². The van der Waals surface area contributed by atoms with Gasteiger partial charge in [-0.05, 0) is 37.5 Å². The summed E-state index contributed by atoms with van der Waals surface area (Å²) in [6.45, 7) is 4.77. The monoisotopic (exact) mass is 338 g/mol. The second-order valence-corrected chi connectivity index (χ2v) is 6.23. The van der Waals surface area contributed by atoms with Gasteiger partial charge in [-0.1, -0.05) is 19.1 Å². The first-order chi connectivity index (χ1) is 12.1. The average Bonchev–Trinajstić information content (AvgIpc) is 3.06. The number of hydrogen-bond donors (Lipinski definition) is 2. The van der Waals surface area contributed by atoms with Crippen molar-refractivity contribution < 1.29 is 4.79 Å². The Kier molecular flexibility index (Phi) is 4.98. The molecule has 3 rings (SSSR count). The Morgan fingerprint density at radius 1 is 1.52 bits per heavy atom. The predicted molar refractivity (Wildman–Crippen MR) is 92.6 cm³/mol. The fraction of sp³-hybridized carbons (Fsp3) is 0.444. The number of carbonyl (C=O) groups excluding carboxylic acids is 1. The van der Waals surface area contributed by atoms with Gasteiger partial charge in [0.05, 0.1) is 23.7 Å². The molecule has 0 fully saturated rings. The number of carbonyl (C=O) groups is 1. The highest BCUT2D eigenvalue weighted by Gasteiger charge is 2.25. The molecule has 0 saturated carbocycles. The molecule has 2 atom stereocenters. The molecule has 1 aliphatic heterocycles. The molecular formula is C18H22N6O. The molecular weight excluding hydrogens is 316 g/mol. The Balaban J connectivity index is 1.65. The van der Waals surface area contributed by atoms with Gasteiger partial charge in [-0.2, -0.15) is 10.4 Å². The van der Waals surface area contributed by atoms with Crippen molar-refractivity contribution in [2.24, 2.45) is 0 Å². The SMILES string of the molecule is CCc1nc2n(n1)CCC[C@H]2NC(=O)N[C@@H](C)c1cccc(C#N)c1. The first kappa shape index (κ1) is 17.0. The molecule has 2 N–H and O–H groups in total. The van der Waals surface area contributed by atoms with Crippen LogP contribution < -0.4 is 10.6 Å². The number of benzene rings is 1. The second kappa shape index (κ2) is 7.34. The van der Waals surface area contributed by atoms with Crippen molar-refractivity contribution in [1.29, 1.82) is 5.26 Å². The molecule has 7 nitrogen and oxygen atoms in total. The van der Waals surface area contributed by atoms with Crippen molar-refractivity contribution in [1.82, 2.24) is 25.4 Å².